The Morgan fingerprint density at radius 3 is 2.57 bits per heavy atom. The number of thiophene rings is 1. The van der Waals surface area contributed by atoms with Gasteiger partial charge in [0.1, 0.15) is 0 Å². The zero-order chi connectivity index (χ0) is 20.9. The normalized spacial score (nSPS) is 12.0. The van der Waals surface area contributed by atoms with E-state index in [-0.39, 0.29) is 30.4 Å². The second-order valence-corrected chi connectivity index (χ2v) is 8.42. The second kappa shape index (κ2) is 9.28. The Labute approximate surface area is 183 Å². The van der Waals surface area contributed by atoms with E-state index >= 15 is 0 Å². The van der Waals surface area contributed by atoms with Gasteiger partial charge in [0.05, 0.1) is 4.88 Å². The number of fused-ring (bicyclic) bond motifs is 1. The number of H-pyrrole nitrogens is 1. The lowest BCUT2D eigenvalue weighted by molar-refractivity contribution is -0.121. The van der Waals surface area contributed by atoms with E-state index in [2.05, 4.69) is 16.4 Å². The summed E-state index contributed by atoms with van der Waals surface area (Å²) < 4.78 is 0. The summed E-state index contributed by atoms with van der Waals surface area (Å²) in [6.07, 6.45) is 2.35. The van der Waals surface area contributed by atoms with Gasteiger partial charge in [0.15, 0.2) is 5.78 Å². The lowest BCUT2D eigenvalue weighted by Gasteiger charge is -2.19. The fourth-order valence-electron chi connectivity index (χ4n) is 3.62. The zero-order valence-electron chi connectivity index (χ0n) is 16.2. The summed E-state index contributed by atoms with van der Waals surface area (Å²) in [7, 11) is 0. The van der Waals surface area contributed by atoms with Crippen molar-refractivity contribution < 1.29 is 9.59 Å². The molecule has 152 valence electrons. The summed E-state index contributed by atoms with van der Waals surface area (Å²) in [6, 6.07) is 19.4. The van der Waals surface area contributed by atoms with Crippen LogP contribution in [0.5, 0.6) is 0 Å². The monoisotopic (exact) mass is 436 g/mol. The molecule has 0 aliphatic heterocycles. The first-order valence-electron chi connectivity index (χ1n) is 9.77. The largest absolute Gasteiger partial charge is 0.361 e. The molecule has 0 saturated heterocycles. The average Bonchev–Trinajstić information content (AvgIpc) is 3.44. The van der Waals surface area contributed by atoms with Gasteiger partial charge < -0.3 is 10.3 Å². The minimum Gasteiger partial charge on any atom is -0.361 e. The third-order valence-electron chi connectivity index (χ3n) is 5.16. The van der Waals surface area contributed by atoms with E-state index in [1.54, 1.807) is 6.07 Å². The molecular weight excluding hydrogens is 416 g/mol. The Kier molecular flexibility index (Phi) is 6.31. The molecule has 2 N–H and O–H groups in total. The summed E-state index contributed by atoms with van der Waals surface area (Å²) in [5, 5.41) is 6.63. The van der Waals surface area contributed by atoms with Crippen molar-refractivity contribution in [1.82, 2.24) is 10.3 Å². The molecule has 0 bridgehead atoms. The molecule has 0 aliphatic rings. The van der Waals surface area contributed by atoms with Crippen molar-refractivity contribution in [2.75, 3.05) is 6.54 Å². The maximum absolute atomic E-state index is 12.5. The highest BCUT2D eigenvalue weighted by Crippen LogP contribution is 2.34. The number of ketones is 1. The Morgan fingerprint density at radius 1 is 0.967 bits per heavy atom. The van der Waals surface area contributed by atoms with Crippen molar-refractivity contribution in [2.24, 2.45) is 0 Å². The van der Waals surface area contributed by atoms with Crippen molar-refractivity contribution in [1.29, 1.82) is 0 Å². The summed E-state index contributed by atoms with van der Waals surface area (Å²) >= 11 is 7.90. The molecule has 2 aromatic heterocycles. The SMILES string of the molecule is O=C(CCC(=O)c1cccs1)NCC(c1ccccc1Cl)c1c[nH]c2ccccc12. The van der Waals surface area contributed by atoms with Crippen LogP contribution in [0, 0.1) is 0 Å². The lowest BCUT2D eigenvalue weighted by atomic mass is 9.90. The first-order valence-corrected chi connectivity index (χ1v) is 11.0. The number of halogens is 1. The highest BCUT2D eigenvalue weighted by atomic mass is 35.5. The van der Waals surface area contributed by atoms with Crippen LogP contribution < -0.4 is 5.32 Å². The number of carbonyl (C=O) groups is 2. The molecule has 4 rings (SSSR count). The van der Waals surface area contributed by atoms with Crippen molar-refractivity contribution in [3.05, 3.63) is 93.3 Å². The van der Waals surface area contributed by atoms with E-state index in [0.29, 0.717) is 16.4 Å². The highest BCUT2D eigenvalue weighted by molar-refractivity contribution is 7.12. The molecule has 0 spiro atoms. The van der Waals surface area contributed by atoms with Gasteiger partial charge in [-0.15, -0.1) is 11.3 Å². The Hall–Kier alpha value is -2.89. The molecule has 4 aromatic rings. The van der Waals surface area contributed by atoms with Gasteiger partial charge >= 0.3 is 0 Å². The van der Waals surface area contributed by atoms with Crippen LogP contribution in [0.15, 0.2) is 72.2 Å². The molecule has 4 nitrogen and oxygen atoms in total. The maximum atomic E-state index is 12.5. The van der Waals surface area contributed by atoms with Crippen LogP contribution in [0.25, 0.3) is 10.9 Å². The van der Waals surface area contributed by atoms with E-state index in [1.165, 1.54) is 11.3 Å². The Morgan fingerprint density at radius 2 is 1.77 bits per heavy atom. The number of aromatic nitrogens is 1. The molecule has 0 fully saturated rings. The minimum absolute atomic E-state index is 0.000526. The molecule has 6 heteroatoms. The van der Waals surface area contributed by atoms with Crippen LogP contribution in [-0.4, -0.2) is 23.2 Å². The van der Waals surface area contributed by atoms with Gasteiger partial charge in [-0.2, -0.15) is 0 Å². The van der Waals surface area contributed by atoms with E-state index in [0.717, 1.165) is 22.0 Å². The second-order valence-electron chi connectivity index (χ2n) is 7.07. The smallest absolute Gasteiger partial charge is 0.220 e. The highest BCUT2D eigenvalue weighted by Gasteiger charge is 2.21. The molecule has 0 aliphatic carbocycles. The standard InChI is InChI=1S/C24H21ClN2O2S/c25-20-8-3-1-6-16(20)18(19-14-26-21-9-4-2-7-17(19)21)15-27-24(29)12-11-22(28)23-10-5-13-30-23/h1-10,13-14,18,26H,11-12,15H2,(H,27,29). The third kappa shape index (κ3) is 4.48. The molecule has 1 atom stereocenters. The molecule has 2 heterocycles. The number of rotatable bonds is 8. The first kappa shape index (κ1) is 20.4. The predicted molar refractivity (Wildman–Crippen MR) is 122 cm³/mol. The fourth-order valence-corrected chi connectivity index (χ4v) is 4.58. The minimum atomic E-state index is -0.142. The van der Waals surface area contributed by atoms with Crippen molar-refractivity contribution in [2.45, 2.75) is 18.8 Å². The Balaban J connectivity index is 1.50. The summed E-state index contributed by atoms with van der Waals surface area (Å²) in [4.78, 5) is 28.6. The van der Waals surface area contributed by atoms with Crippen molar-refractivity contribution in [3.63, 3.8) is 0 Å². The van der Waals surface area contributed by atoms with Crippen LogP contribution in [0.4, 0.5) is 0 Å². The number of carbonyl (C=O) groups excluding carboxylic acids is 2. The van der Waals surface area contributed by atoms with E-state index in [9.17, 15) is 9.59 Å². The maximum Gasteiger partial charge on any atom is 0.220 e. The number of aromatic amines is 1. The zero-order valence-corrected chi connectivity index (χ0v) is 17.8. The van der Waals surface area contributed by atoms with Crippen LogP contribution in [0.2, 0.25) is 5.02 Å². The summed E-state index contributed by atoms with van der Waals surface area (Å²) in [5.74, 6) is -0.247. The molecule has 1 amide bonds. The van der Waals surface area contributed by atoms with E-state index in [4.69, 9.17) is 11.6 Å². The quantitative estimate of drug-likeness (QED) is 0.343. The number of hydrogen-bond acceptors (Lipinski definition) is 3. The molecular formula is C24H21ClN2O2S. The Bertz CT molecular complexity index is 1170. The van der Waals surface area contributed by atoms with Crippen LogP contribution in [0.3, 0.4) is 0 Å². The fraction of sp³-hybridized carbons (Fsp3) is 0.167. The van der Waals surface area contributed by atoms with Gasteiger partial charge in [0.2, 0.25) is 5.91 Å². The molecule has 30 heavy (non-hydrogen) atoms. The number of nitrogens with one attached hydrogen (secondary N) is 2. The molecule has 0 radical (unpaired) electrons. The predicted octanol–water partition coefficient (Wildman–Crippen LogP) is 5.79. The van der Waals surface area contributed by atoms with Crippen molar-refractivity contribution in [3.8, 4) is 0 Å². The van der Waals surface area contributed by atoms with E-state index in [1.807, 2.05) is 60.1 Å². The number of amides is 1. The number of para-hydroxylation sites is 1. The van der Waals surface area contributed by atoms with Crippen LogP contribution in [-0.2, 0) is 4.79 Å². The van der Waals surface area contributed by atoms with Gasteiger partial charge in [-0.25, -0.2) is 0 Å². The van der Waals surface area contributed by atoms with E-state index < -0.39 is 0 Å². The number of hydrogen-bond donors (Lipinski definition) is 2. The number of benzene rings is 2. The number of Topliss-reactive ketones (excluding diaryl/α,β-unsaturated/α-hetero) is 1. The first-order chi connectivity index (χ1) is 14.6. The van der Waals surface area contributed by atoms with Crippen LogP contribution >= 0.6 is 22.9 Å². The third-order valence-corrected chi connectivity index (χ3v) is 6.41. The summed E-state index contributed by atoms with van der Waals surface area (Å²) in [5.41, 5.74) is 3.07. The lowest BCUT2D eigenvalue weighted by Crippen LogP contribution is -2.29. The molecule has 0 saturated carbocycles. The topological polar surface area (TPSA) is 62.0 Å². The van der Waals surface area contributed by atoms with Crippen LogP contribution in [0.1, 0.15) is 39.6 Å². The summed E-state index contributed by atoms with van der Waals surface area (Å²) in [6.45, 7) is 0.400. The molecule has 2 aromatic carbocycles. The van der Waals surface area contributed by atoms with Gasteiger partial charge in [0.25, 0.3) is 0 Å². The van der Waals surface area contributed by atoms with Crippen molar-refractivity contribution >= 4 is 45.5 Å². The van der Waals surface area contributed by atoms with Gasteiger partial charge in [-0.05, 0) is 34.7 Å². The van der Waals surface area contributed by atoms with Gasteiger partial charge in [0, 0.05) is 47.4 Å². The van der Waals surface area contributed by atoms with Gasteiger partial charge in [-0.3, -0.25) is 9.59 Å². The van der Waals surface area contributed by atoms with Gasteiger partial charge in [-0.1, -0.05) is 54.1 Å². The average molecular weight is 437 g/mol. The molecule has 1 unspecified atom stereocenters.